The summed E-state index contributed by atoms with van der Waals surface area (Å²) in [5.74, 6) is 0.151. The fourth-order valence-electron chi connectivity index (χ4n) is 3.27. The Morgan fingerprint density at radius 1 is 0.971 bits per heavy atom. The van der Waals surface area contributed by atoms with Crippen LogP contribution in [0.4, 0.5) is 17.2 Å². The van der Waals surface area contributed by atoms with Crippen LogP contribution in [0.1, 0.15) is 26.9 Å². The third kappa shape index (κ3) is 6.12. The van der Waals surface area contributed by atoms with Gasteiger partial charge in [-0.2, -0.15) is 0 Å². The molecule has 0 radical (unpaired) electrons. The van der Waals surface area contributed by atoms with Gasteiger partial charge < -0.3 is 15.2 Å². The summed E-state index contributed by atoms with van der Waals surface area (Å²) in [6.45, 7) is 1.74. The zero-order valence-corrected chi connectivity index (χ0v) is 19.3. The Labute approximate surface area is 204 Å². The maximum Gasteiger partial charge on any atom is 0.270 e. The minimum Gasteiger partial charge on any atom is -0.360 e. The van der Waals surface area contributed by atoms with Crippen LogP contribution in [0.5, 0.6) is 0 Å². The number of non-ortho nitro benzene ring substituents is 1. The lowest BCUT2D eigenvalue weighted by Crippen LogP contribution is -2.19. The second-order valence-electron chi connectivity index (χ2n) is 7.51. The summed E-state index contributed by atoms with van der Waals surface area (Å²) in [6, 6.07) is 23.5. The highest BCUT2D eigenvalue weighted by Crippen LogP contribution is 2.37. The topological polar surface area (TPSA) is 127 Å². The summed E-state index contributed by atoms with van der Waals surface area (Å²) in [4.78, 5) is 36.9. The Kier molecular flexibility index (Phi) is 7.22. The monoisotopic (exact) mass is 488 g/mol. The normalized spacial score (nSPS) is 11.5. The lowest BCUT2D eigenvalue weighted by Gasteiger charge is -2.17. The van der Waals surface area contributed by atoms with Crippen molar-refractivity contribution < 1.29 is 19.0 Å². The van der Waals surface area contributed by atoms with Gasteiger partial charge in [0.25, 0.3) is 11.6 Å². The predicted octanol–water partition coefficient (Wildman–Crippen LogP) is 5.62. The van der Waals surface area contributed by atoms with E-state index < -0.39 is 16.1 Å². The van der Waals surface area contributed by atoms with Crippen molar-refractivity contribution in [2.75, 3.05) is 10.6 Å². The number of nitro groups is 1. The number of nitro benzene ring substituents is 1. The van der Waals surface area contributed by atoms with Crippen LogP contribution in [0.15, 0.2) is 94.3 Å². The van der Waals surface area contributed by atoms with Crippen LogP contribution in [0, 0.1) is 17.0 Å². The van der Waals surface area contributed by atoms with Crippen molar-refractivity contribution >= 4 is 40.8 Å². The number of carbonyl (C=O) groups is 2. The van der Waals surface area contributed by atoms with Gasteiger partial charge in [-0.1, -0.05) is 47.6 Å². The Bertz CT molecular complexity index is 1370. The summed E-state index contributed by atoms with van der Waals surface area (Å²) in [6.07, 6.45) is 0. The van der Waals surface area contributed by atoms with Gasteiger partial charge in [-0.05, 0) is 36.8 Å². The van der Waals surface area contributed by atoms with Crippen LogP contribution < -0.4 is 10.6 Å². The Morgan fingerprint density at radius 2 is 1.74 bits per heavy atom. The molecule has 0 saturated carbocycles. The number of benzene rings is 3. The maximum absolute atomic E-state index is 13.1. The smallest absolute Gasteiger partial charge is 0.270 e. The summed E-state index contributed by atoms with van der Waals surface area (Å²) in [7, 11) is 0. The van der Waals surface area contributed by atoms with Gasteiger partial charge >= 0.3 is 0 Å². The van der Waals surface area contributed by atoms with E-state index in [9.17, 15) is 19.7 Å². The number of carbonyl (C=O) groups excluding carboxylic acids is 2. The summed E-state index contributed by atoms with van der Waals surface area (Å²) in [5, 5.41) is 19.8. The minimum absolute atomic E-state index is 0.166. The molecule has 0 saturated heterocycles. The molecule has 1 unspecified atom stereocenters. The number of amides is 2. The highest BCUT2D eigenvalue weighted by Gasteiger charge is 2.23. The lowest BCUT2D eigenvalue weighted by molar-refractivity contribution is -0.384. The molecule has 9 nitrogen and oxygen atoms in total. The number of aromatic nitrogens is 1. The molecule has 2 N–H and O–H groups in total. The fraction of sp³-hybridized carbons (Fsp3) is 0.0800. The highest BCUT2D eigenvalue weighted by atomic mass is 32.2. The molecule has 2 amide bonds. The highest BCUT2D eigenvalue weighted by molar-refractivity contribution is 8.00. The number of nitrogens with one attached hydrogen (secondary N) is 2. The van der Waals surface area contributed by atoms with Gasteiger partial charge in [-0.25, -0.2) is 0 Å². The molecule has 1 atom stereocenters. The predicted molar refractivity (Wildman–Crippen MR) is 132 cm³/mol. The van der Waals surface area contributed by atoms with Gasteiger partial charge in [-0.15, -0.1) is 11.8 Å². The van der Waals surface area contributed by atoms with E-state index in [4.69, 9.17) is 4.52 Å². The quantitative estimate of drug-likeness (QED) is 0.187. The first-order valence-corrected chi connectivity index (χ1v) is 11.4. The molecule has 1 heterocycles. The van der Waals surface area contributed by atoms with Crippen molar-refractivity contribution in [3.8, 4) is 0 Å². The van der Waals surface area contributed by atoms with Crippen LogP contribution in [-0.4, -0.2) is 21.9 Å². The van der Waals surface area contributed by atoms with E-state index in [0.717, 1.165) is 10.5 Å². The fourth-order valence-corrected chi connectivity index (χ4v) is 4.35. The van der Waals surface area contributed by atoms with E-state index in [-0.39, 0.29) is 17.2 Å². The molecule has 176 valence electrons. The van der Waals surface area contributed by atoms with Crippen molar-refractivity contribution in [1.82, 2.24) is 5.16 Å². The van der Waals surface area contributed by atoms with Crippen molar-refractivity contribution in [3.05, 3.63) is 112 Å². The van der Waals surface area contributed by atoms with Crippen LogP contribution in [0.3, 0.4) is 0 Å². The number of nitrogens with zero attached hydrogens (tertiary/aromatic N) is 2. The molecule has 0 aliphatic carbocycles. The number of anilines is 2. The van der Waals surface area contributed by atoms with Crippen molar-refractivity contribution in [2.24, 2.45) is 0 Å². The molecular formula is C25H20N4O5S. The van der Waals surface area contributed by atoms with Gasteiger partial charge in [0, 0.05) is 34.3 Å². The average molecular weight is 489 g/mol. The van der Waals surface area contributed by atoms with E-state index >= 15 is 0 Å². The molecule has 0 fully saturated rings. The Balaban J connectivity index is 1.53. The largest absolute Gasteiger partial charge is 0.360 e. The van der Waals surface area contributed by atoms with Gasteiger partial charge in [0.1, 0.15) is 11.0 Å². The van der Waals surface area contributed by atoms with E-state index in [1.54, 1.807) is 31.2 Å². The third-order valence-corrected chi connectivity index (χ3v) is 6.13. The zero-order chi connectivity index (χ0) is 24.8. The molecule has 4 aromatic rings. The molecule has 4 rings (SSSR count). The maximum atomic E-state index is 13.1. The van der Waals surface area contributed by atoms with Crippen molar-refractivity contribution in [1.29, 1.82) is 0 Å². The van der Waals surface area contributed by atoms with Crippen LogP contribution in [0.25, 0.3) is 0 Å². The van der Waals surface area contributed by atoms with Crippen LogP contribution in [-0.2, 0) is 4.79 Å². The van der Waals surface area contributed by atoms with Gasteiger partial charge in [-0.3, -0.25) is 19.7 Å². The Morgan fingerprint density at radius 3 is 2.46 bits per heavy atom. The number of thioether (sulfide) groups is 1. The van der Waals surface area contributed by atoms with Gasteiger partial charge in [0.05, 0.1) is 4.92 Å². The summed E-state index contributed by atoms with van der Waals surface area (Å²) < 4.78 is 5.03. The molecule has 10 heteroatoms. The molecule has 0 spiro atoms. The average Bonchev–Trinajstić information content (AvgIpc) is 3.27. The van der Waals surface area contributed by atoms with Crippen LogP contribution in [0.2, 0.25) is 0 Å². The molecule has 0 aliphatic heterocycles. The summed E-state index contributed by atoms with van der Waals surface area (Å²) >= 11 is 1.31. The molecular weight excluding hydrogens is 468 g/mol. The van der Waals surface area contributed by atoms with Crippen LogP contribution >= 0.6 is 11.8 Å². The molecule has 35 heavy (non-hydrogen) atoms. The van der Waals surface area contributed by atoms with Crippen molar-refractivity contribution in [3.63, 3.8) is 0 Å². The van der Waals surface area contributed by atoms with E-state index in [1.165, 1.54) is 36.0 Å². The van der Waals surface area contributed by atoms with Gasteiger partial charge in [0.2, 0.25) is 5.91 Å². The standard InChI is InChI=1S/C25H20N4O5S/c1-16-13-22(28-34-16)27-25(31)23(17-7-3-2-4-8-17)35-21-12-6-10-19(15-21)26-24(30)18-9-5-11-20(14-18)29(32)33/h2-15,23H,1H3,(H,26,30)(H,27,28,31). The molecule has 3 aromatic carbocycles. The van der Waals surface area contributed by atoms with Gasteiger partial charge in [0.15, 0.2) is 5.82 Å². The van der Waals surface area contributed by atoms with Crippen molar-refractivity contribution in [2.45, 2.75) is 17.1 Å². The SMILES string of the molecule is Cc1cc(NC(=O)C(Sc2cccc(NC(=O)c3cccc([N+](=O)[O-])c3)c2)c2ccccc2)no1. The molecule has 1 aromatic heterocycles. The van der Waals surface area contributed by atoms with E-state index in [2.05, 4.69) is 15.8 Å². The number of rotatable bonds is 8. The van der Waals surface area contributed by atoms with E-state index in [0.29, 0.717) is 17.3 Å². The lowest BCUT2D eigenvalue weighted by atomic mass is 10.1. The minimum atomic E-state index is -0.601. The number of hydrogen-bond donors (Lipinski definition) is 2. The second kappa shape index (κ2) is 10.7. The Hall–Kier alpha value is -4.44. The number of hydrogen-bond acceptors (Lipinski definition) is 7. The second-order valence-corrected chi connectivity index (χ2v) is 8.69. The first kappa shape index (κ1) is 23.7. The first-order chi connectivity index (χ1) is 16.9. The first-order valence-electron chi connectivity index (χ1n) is 10.5. The number of aryl methyl sites for hydroxylation is 1. The molecule has 0 bridgehead atoms. The zero-order valence-electron chi connectivity index (χ0n) is 18.5. The van der Waals surface area contributed by atoms with E-state index in [1.807, 2.05) is 36.4 Å². The third-order valence-electron chi connectivity index (χ3n) is 4.88. The molecule has 0 aliphatic rings. The summed E-state index contributed by atoms with van der Waals surface area (Å²) in [5.41, 5.74) is 1.29.